The SMILES string of the molecule is COC(=O)[C@@H]1Cc2cc(F)c(O)c(c2)-c2cc(ccc2OCCNC(=O)OC(C)(C)C)[C@H](N(C)C(=O)CNC(=O)c2c(C)nc(-c3ccc(C(C)(C)C)cc3)nc2C)C(=O)N[C@@H](C)C(=O)N1. The lowest BCUT2D eigenvalue weighted by atomic mass is 9.86. The lowest BCUT2D eigenvalue weighted by Crippen LogP contribution is -2.53. The molecule has 5 N–H and O–H groups in total. The summed E-state index contributed by atoms with van der Waals surface area (Å²) in [6, 6.07) is 10.5. The first-order chi connectivity index (χ1) is 30.9. The number of fused-ring (bicyclic) bond motifs is 5. The Kier molecular flexibility index (Phi) is 15.4. The third-order valence-electron chi connectivity index (χ3n) is 10.7. The van der Waals surface area contributed by atoms with Crippen LogP contribution in [0.4, 0.5) is 9.18 Å². The molecule has 1 aliphatic rings. The Morgan fingerprint density at radius 1 is 0.894 bits per heavy atom. The Bertz CT molecular complexity index is 2490. The molecule has 3 atom stereocenters. The van der Waals surface area contributed by atoms with E-state index < -0.39 is 77.5 Å². The molecule has 0 saturated heterocycles. The van der Waals surface area contributed by atoms with Gasteiger partial charge in [-0.15, -0.1) is 0 Å². The Morgan fingerprint density at radius 3 is 2.15 bits per heavy atom. The van der Waals surface area contributed by atoms with E-state index in [0.717, 1.165) is 29.2 Å². The lowest BCUT2D eigenvalue weighted by Gasteiger charge is -2.30. The summed E-state index contributed by atoms with van der Waals surface area (Å²) in [5, 5.41) is 21.5. The number of aromatic hydroxyl groups is 1. The van der Waals surface area contributed by atoms with Gasteiger partial charge in [0, 0.05) is 30.2 Å². The largest absolute Gasteiger partial charge is 0.504 e. The third kappa shape index (κ3) is 12.2. The van der Waals surface area contributed by atoms with E-state index in [1.165, 1.54) is 38.2 Å². The number of phenolic OH excluding ortho intramolecular Hbond substituents is 1. The van der Waals surface area contributed by atoms with Gasteiger partial charge in [-0.25, -0.2) is 23.9 Å². The van der Waals surface area contributed by atoms with Crippen LogP contribution in [0.1, 0.15) is 92.9 Å². The lowest BCUT2D eigenvalue weighted by molar-refractivity contribution is -0.145. The summed E-state index contributed by atoms with van der Waals surface area (Å²) in [6.07, 6.45) is -0.963. The van der Waals surface area contributed by atoms with E-state index in [1.807, 2.05) is 24.3 Å². The van der Waals surface area contributed by atoms with E-state index >= 15 is 4.39 Å². The smallest absolute Gasteiger partial charge is 0.407 e. The summed E-state index contributed by atoms with van der Waals surface area (Å²) in [7, 11) is 2.43. The van der Waals surface area contributed by atoms with Crippen LogP contribution in [0.2, 0.25) is 0 Å². The van der Waals surface area contributed by atoms with Gasteiger partial charge in [-0.1, -0.05) is 51.1 Å². The molecule has 5 amide bonds. The zero-order chi connectivity index (χ0) is 48.8. The van der Waals surface area contributed by atoms with E-state index in [4.69, 9.17) is 14.2 Å². The number of aromatic nitrogens is 2. The molecule has 0 aliphatic carbocycles. The molecule has 0 unspecified atom stereocenters. The molecular formula is C48H58FN7O10. The number of hydrogen-bond donors (Lipinski definition) is 5. The van der Waals surface area contributed by atoms with E-state index in [0.29, 0.717) is 17.2 Å². The van der Waals surface area contributed by atoms with Crippen molar-refractivity contribution in [2.75, 3.05) is 33.9 Å². The highest BCUT2D eigenvalue weighted by Crippen LogP contribution is 2.41. The minimum absolute atomic E-state index is 0.0242. The van der Waals surface area contributed by atoms with Crippen LogP contribution in [0.15, 0.2) is 54.6 Å². The number of rotatable bonds is 10. The predicted molar refractivity (Wildman–Crippen MR) is 242 cm³/mol. The van der Waals surface area contributed by atoms with Crippen molar-refractivity contribution in [3.8, 4) is 34.0 Å². The number of nitrogens with one attached hydrogen (secondary N) is 4. The van der Waals surface area contributed by atoms with Gasteiger partial charge in [-0.2, -0.15) is 0 Å². The Balaban J connectivity index is 1.49. The topological polar surface area (TPSA) is 227 Å². The number of amides is 5. The second-order valence-electron chi connectivity index (χ2n) is 18.0. The van der Waals surface area contributed by atoms with Crippen LogP contribution < -0.4 is 26.0 Å². The second kappa shape index (κ2) is 20.4. The monoisotopic (exact) mass is 911 g/mol. The Morgan fingerprint density at radius 2 is 1.55 bits per heavy atom. The number of phenols is 1. The van der Waals surface area contributed by atoms with Crippen LogP contribution in [-0.2, 0) is 40.5 Å². The number of carbonyl (C=O) groups excluding carboxylic acids is 6. The molecule has 17 nitrogen and oxygen atoms in total. The minimum atomic E-state index is -1.50. The van der Waals surface area contributed by atoms with Gasteiger partial charge in [0.1, 0.15) is 36.1 Å². The molecule has 2 heterocycles. The van der Waals surface area contributed by atoms with Gasteiger partial charge in [0.15, 0.2) is 17.4 Å². The van der Waals surface area contributed by atoms with Crippen molar-refractivity contribution in [3.63, 3.8) is 0 Å². The predicted octanol–water partition coefficient (Wildman–Crippen LogP) is 5.12. The van der Waals surface area contributed by atoms with Crippen LogP contribution in [0.25, 0.3) is 22.5 Å². The Labute approximate surface area is 383 Å². The van der Waals surface area contributed by atoms with Crippen molar-refractivity contribution in [2.45, 2.75) is 97.9 Å². The van der Waals surface area contributed by atoms with Crippen molar-refractivity contribution in [3.05, 3.63) is 94.1 Å². The van der Waals surface area contributed by atoms with Crippen LogP contribution >= 0.6 is 0 Å². The number of carbonyl (C=O) groups is 6. The summed E-state index contributed by atoms with van der Waals surface area (Å²) < 4.78 is 31.9. The highest BCUT2D eigenvalue weighted by molar-refractivity contribution is 5.99. The molecule has 18 heteroatoms. The average Bonchev–Trinajstić information content (AvgIpc) is 3.23. The number of hydrogen-bond acceptors (Lipinski definition) is 12. The number of halogens is 1. The van der Waals surface area contributed by atoms with Crippen molar-refractivity contribution in [1.82, 2.24) is 36.1 Å². The van der Waals surface area contributed by atoms with Gasteiger partial charge in [0.2, 0.25) is 17.7 Å². The van der Waals surface area contributed by atoms with Crippen molar-refractivity contribution in [2.24, 2.45) is 0 Å². The van der Waals surface area contributed by atoms with E-state index in [9.17, 15) is 33.9 Å². The summed E-state index contributed by atoms with van der Waals surface area (Å²) in [6.45, 7) is 15.4. The molecule has 3 aromatic carbocycles. The van der Waals surface area contributed by atoms with Crippen LogP contribution in [0.5, 0.6) is 11.5 Å². The fourth-order valence-electron chi connectivity index (χ4n) is 7.24. The number of alkyl carbamates (subject to hydrolysis) is 1. The van der Waals surface area contributed by atoms with Gasteiger partial charge < -0.3 is 45.5 Å². The molecule has 0 fully saturated rings. The third-order valence-corrected chi connectivity index (χ3v) is 10.7. The summed E-state index contributed by atoms with van der Waals surface area (Å²) in [5.41, 5.74) is 2.27. The normalized spacial score (nSPS) is 16.5. The van der Waals surface area contributed by atoms with E-state index in [1.54, 1.807) is 34.6 Å². The number of likely N-dealkylation sites (N-methyl/N-ethyl adjacent to an activating group) is 1. The minimum Gasteiger partial charge on any atom is -0.504 e. The highest BCUT2D eigenvalue weighted by Gasteiger charge is 2.34. The molecule has 352 valence electrons. The van der Waals surface area contributed by atoms with Crippen molar-refractivity contribution < 1.29 is 52.5 Å². The maximum Gasteiger partial charge on any atom is 0.407 e. The highest BCUT2D eigenvalue weighted by atomic mass is 19.1. The molecule has 0 radical (unpaired) electrons. The van der Waals surface area contributed by atoms with E-state index in [2.05, 4.69) is 52.0 Å². The molecule has 4 bridgehead atoms. The molecule has 1 aromatic heterocycles. The van der Waals surface area contributed by atoms with Gasteiger partial charge in [0.25, 0.3) is 5.91 Å². The van der Waals surface area contributed by atoms with Gasteiger partial charge >= 0.3 is 12.1 Å². The number of aryl methyl sites for hydroxylation is 2. The van der Waals surface area contributed by atoms with Gasteiger partial charge in [-0.05, 0) is 87.9 Å². The zero-order valence-corrected chi connectivity index (χ0v) is 39.1. The van der Waals surface area contributed by atoms with E-state index in [-0.39, 0.29) is 58.6 Å². The molecule has 5 rings (SSSR count). The van der Waals surface area contributed by atoms with Crippen LogP contribution in [-0.4, -0.2) is 107 Å². The van der Waals surface area contributed by atoms with Crippen LogP contribution in [0.3, 0.4) is 0 Å². The second-order valence-corrected chi connectivity index (χ2v) is 18.0. The summed E-state index contributed by atoms with van der Waals surface area (Å²) in [5.74, 6) is -5.23. The molecule has 0 spiro atoms. The maximum atomic E-state index is 15.6. The number of nitrogens with zero attached hydrogens (tertiary/aromatic N) is 3. The maximum absolute atomic E-state index is 15.6. The number of methoxy groups -OCH3 is 1. The van der Waals surface area contributed by atoms with Gasteiger partial charge in [-0.3, -0.25) is 19.2 Å². The quantitative estimate of drug-likeness (QED) is 0.103. The number of esters is 1. The van der Waals surface area contributed by atoms with Gasteiger partial charge in [0.05, 0.1) is 37.2 Å². The molecule has 66 heavy (non-hydrogen) atoms. The first-order valence-electron chi connectivity index (χ1n) is 21.3. The summed E-state index contributed by atoms with van der Waals surface area (Å²) in [4.78, 5) is 90.9. The fourth-order valence-corrected chi connectivity index (χ4v) is 7.24. The first-order valence-corrected chi connectivity index (χ1v) is 21.3. The molecule has 0 saturated carbocycles. The molecule has 4 aromatic rings. The van der Waals surface area contributed by atoms with Crippen LogP contribution in [0, 0.1) is 19.7 Å². The summed E-state index contributed by atoms with van der Waals surface area (Å²) >= 11 is 0. The van der Waals surface area contributed by atoms with Crippen molar-refractivity contribution in [1.29, 1.82) is 0 Å². The first kappa shape index (κ1) is 49.9. The number of benzene rings is 3. The standard InChI is InChI=1S/C48H58FN7O10/c1-25-38(26(2)53-41(52-25)29-12-15-31(16-13-29)47(4,5)6)43(60)51-24-37(57)56(10)39-30-14-17-36(65-19-18-50-46(63)66-48(7,8)9)32(23-30)33-20-28(21-34(49)40(33)58)22-35(45(62)64-11)55-42(59)27(3)54-44(39)61/h12-17,20-21,23,27,35,39,58H,18-19,22,24H2,1-11H3,(H,50,63)(H,51,60)(H,54,61)(H,55,59)/t27-,35-,39-/m0/s1. The Hall–Kier alpha value is -7.11. The fraction of sp³-hybridized carbons (Fsp3) is 0.417. The zero-order valence-electron chi connectivity index (χ0n) is 39.1. The molecule has 1 aliphatic heterocycles. The molecular weight excluding hydrogens is 854 g/mol. The van der Waals surface area contributed by atoms with Crippen molar-refractivity contribution >= 4 is 35.7 Å². The number of ether oxygens (including phenoxy) is 3. The average molecular weight is 912 g/mol.